The Hall–Kier alpha value is -7.20. The van der Waals surface area contributed by atoms with Crippen LogP contribution in [-0.2, 0) is 6.42 Å². The normalized spacial score (nSPS) is 11.1. The van der Waals surface area contributed by atoms with Gasteiger partial charge in [0.1, 0.15) is 23.0 Å². The zero-order valence-corrected chi connectivity index (χ0v) is 26.7. The van der Waals surface area contributed by atoms with Crippen molar-refractivity contribution in [1.29, 1.82) is 0 Å². The van der Waals surface area contributed by atoms with Gasteiger partial charge in [-0.1, -0.05) is 72.8 Å². The first-order valence-electron chi connectivity index (χ1n) is 15.8. The van der Waals surface area contributed by atoms with Crippen molar-refractivity contribution in [2.75, 3.05) is 0 Å². The molecule has 0 unspecified atom stereocenters. The highest BCUT2D eigenvalue weighted by Gasteiger charge is 2.20. The summed E-state index contributed by atoms with van der Waals surface area (Å²) in [6, 6.07) is 37.5. The van der Waals surface area contributed by atoms with Crippen LogP contribution >= 0.6 is 0 Å². The number of benzene rings is 8. The van der Waals surface area contributed by atoms with E-state index in [9.17, 15) is 40.7 Å². The minimum Gasteiger partial charge on any atom is -0.508 e. The van der Waals surface area contributed by atoms with Crippen LogP contribution in [0.1, 0.15) is 11.1 Å². The number of rotatable bonds is 5. The van der Waals surface area contributed by atoms with E-state index in [1.165, 1.54) is 48.5 Å². The van der Waals surface area contributed by atoms with Gasteiger partial charge in [0, 0.05) is 52.9 Å². The van der Waals surface area contributed by atoms with Gasteiger partial charge in [-0.3, -0.25) is 20.2 Å². The topological polar surface area (TPSA) is 167 Å². The van der Waals surface area contributed by atoms with E-state index in [1.807, 2.05) is 60.7 Å². The van der Waals surface area contributed by atoms with E-state index in [-0.39, 0.29) is 34.4 Å². The molecule has 4 N–H and O–H groups in total. The lowest BCUT2D eigenvalue weighted by molar-refractivity contribution is -0.384. The second kappa shape index (κ2) is 13.0. The van der Waals surface area contributed by atoms with Crippen LogP contribution in [0.25, 0.3) is 54.2 Å². The first-order chi connectivity index (χ1) is 24.6. The molecule has 0 saturated heterocycles. The lowest BCUT2D eigenvalue weighted by Crippen LogP contribution is -1.93. The van der Waals surface area contributed by atoms with E-state index in [2.05, 4.69) is 0 Å². The van der Waals surface area contributed by atoms with Gasteiger partial charge in [-0.25, -0.2) is 0 Å². The van der Waals surface area contributed by atoms with Gasteiger partial charge in [-0.2, -0.15) is 0 Å². The molecule has 0 radical (unpaired) electrons. The Morgan fingerprint density at radius 1 is 0.412 bits per heavy atom. The lowest BCUT2D eigenvalue weighted by Gasteiger charge is -2.14. The summed E-state index contributed by atoms with van der Waals surface area (Å²) in [6.07, 6.45) is 0.486. The quantitative estimate of drug-likeness (QED) is 0.103. The molecule has 0 atom stereocenters. The van der Waals surface area contributed by atoms with E-state index < -0.39 is 9.85 Å². The fraction of sp³-hybridized carbons (Fsp3) is 0.0244. The molecule has 0 bridgehead atoms. The Bertz CT molecular complexity index is 2510. The van der Waals surface area contributed by atoms with Crippen LogP contribution in [-0.4, -0.2) is 30.3 Å². The van der Waals surface area contributed by atoms with Gasteiger partial charge in [0.2, 0.25) is 0 Å². The number of non-ortho nitro benzene ring substituents is 2. The number of fused-ring (bicyclic) bond motifs is 4. The largest absolute Gasteiger partial charge is 0.508 e. The Balaban J connectivity index is 0.000000162. The highest BCUT2D eigenvalue weighted by Crippen LogP contribution is 2.45. The molecule has 250 valence electrons. The summed E-state index contributed by atoms with van der Waals surface area (Å²) in [5.74, 6) is 0.275. The van der Waals surface area contributed by atoms with Crippen LogP contribution in [0.3, 0.4) is 0 Å². The number of phenolic OH excluding ortho intramolecular Hbond substituents is 4. The van der Waals surface area contributed by atoms with Gasteiger partial charge in [0.25, 0.3) is 11.4 Å². The molecule has 0 aliphatic heterocycles. The van der Waals surface area contributed by atoms with E-state index in [0.717, 1.165) is 32.7 Å². The van der Waals surface area contributed by atoms with Crippen LogP contribution < -0.4 is 0 Å². The number of hydrogen-bond acceptors (Lipinski definition) is 8. The number of aromatic hydroxyl groups is 4. The van der Waals surface area contributed by atoms with Crippen LogP contribution in [0.15, 0.2) is 133 Å². The molecular formula is C41H28N2O8. The SMILES string of the molecule is O=[N+]([O-])c1ccc2c(-c3c(O)ccc4cc([N+](=O)[O-])ccc34)c(O)ccc2c1.Oc1ccc2ccccc2c1Cc1c(O)ccc2ccccc12. The maximum Gasteiger partial charge on any atom is 0.270 e. The van der Waals surface area contributed by atoms with Crippen molar-refractivity contribution >= 4 is 54.5 Å². The second-order valence-electron chi connectivity index (χ2n) is 12.0. The molecule has 0 aliphatic carbocycles. The molecule has 0 aromatic heterocycles. The Morgan fingerprint density at radius 3 is 1.20 bits per heavy atom. The molecule has 8 rings (SSSR count). The smallest absolute Gasteiger partial charge is 0.270 e. The van der Waals surface area contributed by atoms with Crippen molar-refractivity contribution in [3.63, 3.8) is 0 Å². The molecule has 0 aliphatic rings. The number of nitrogens with zero attached hydrogens (tertiary/aromatic N) is 2. The molecule has 0 spiro atoms. The predicted molar refractivity (Wildman–Crippen MR) is 198 cm³/mol. The van der Waals surface area contributed by atoms with Crippen LogP contribution in [0, 0.1) is 20.2 Å². The third-order valence-electron chi connectivity index (χ3n) is 9.02. The molecule has 0 fully saturated rings. The highest BCUT2D eigenvalue weighted by molar-refractivity contribution is 6.10. The standard InChI is InChI=1S/C21H16O2.C20H12N2O6/c22-20-11-9-14-5-1-3-7-16(14)18(20)13-19-17-8-4-2-6-15(17)10-12-21(19)23;23-17-7-1-11-9-13(21(25)26)3-5-15(11)19(17)20-16-6-4-14(22(27)28)10-12(16)2-8-18(20)24/h1-12,22-23H,13H2;1-10,23-24H. The maximum absolute atomic E-state index is 11.0. The first kappa shape index (κ1) is 32.4. The molecule has 0 amide bonds. The zero-order valence-electron chi connectivity index (χ0n) is 26.7. The average Bonchev–Trinajstić information content (AvgIpc) is 3.14. The molecule has 51 heavy (non-hydrogen) atoms. The summed E-state index contributed by atoms with van der Waals surface area (Å²) in [5, 5.41) is 70.1. The van der Waals surface area contributed by atoms with Crippen LogP contribution in [0.4, 0.5) is 11.4 Å². The Morgan fingerprint density at radius 2 is 0.784 bits per heavy atom. The third-order valence-corrected chi connectivity index (χ3v) is 9.02. The Labute approximate surface area is 289 Å². The number of phenols is 4. The monoisotopic (exact) mass is 676 g/mol. The molecule has 8 aromatic carbocycles. The van der Waals surface area contributed by atoms with E-state index in [0.29, 0.717) is 39.1 Å². The minimum atomic E-state index is -0.513. The molecule has 10 heteroatoms. The predicted octanol–water partition coefficient (Wildman–Crippen LogP) is 9.88. The van der Waals surface area contributed by atoms with Gasteiger partial charge < -0.3 is 20.4 Å². The summed E-state index contributed by atoms with van der Waals surface area (Å²) in [7, 11) is 0. The van der Waals surface area contributed by atoms with Crippen molar-refractivity contribution in [2.24, 2.45) is 0 Å². The van der Waals surface area contributed by atoms with Crippen molar-refractivity contribution in [3.05, 3.63) is 165 Å². The van der Waals surface area contributed by atoms with Gasteiger partial charge in [0.05, 0.1) is 9.85 Å². The minimum absolute atomic E-state index is 0.0955. The highest BCUT2D eigenvalue weighted by atomic mass is 16.6. The number of nitro groups is 2. The van der Waals surface area contributed by atoms with E-state index in [1.54, 1.807) is 24.3 Å². The molecule has 0 heterocycles. The summed E-state index contributed by atoms with van der Waals surface area (Å²) in [6.45, 7) is 0. The van der Waals surface area contributed by atoms with E-state index >= 15 is 0 Å². The maximum atomic E-state index is 11.0. The van der Waals surface area contributed by atoms with Crippen LogP contribution in [0.5, 0.6) is 23.0 Å². The fourth-order valence-electron chi connectivity index (χ4n) is 6.56. The molecular weight excluding hydrogens is 648 g/mol. The summed E-state index contributed by atoms with van der Waals surface area (Å²) >= 11 is 0. The van der Waals surface area contributed by atoms with Crippen molar-refractivity contribution < 1.29 is 30.3 Å². The van der Waals surface area contributed by atoms with Gasteiger partial charge in [-0.15, -0.1) is 0 Å². The van der Waals surface area contributed by atoms with Crippen LogP contribution in [0.2, 0.25) is 0 Å². The van der Waals surface area contributed by atoms with Crippen molar-refractivity contribution in [1.82, 2.24) is 0 Å². The Kier molecular flexibility index (Phi) is 8.26. The summed E-state index contributed by atoms with van der Waals surface area (Å²) in [4.78, 5) is 21.1. The lowest BCUT2D eigenvalue weighted by atomic mass is 9.92. The first-order valence-corrected chi connectivity index (χ1v) is 15.8. The summed E-state index contributed by atoms with van der Waals surface area (Å²) in [5.41, 5.74) is 2.09. The molecule has 10 nitrogen and oxygen atoms in total. The van der Waals surface area contributed by atoms with Crippen molar-refractivity contribution in [2.45, 2.75) is 6.42 Å². The zero-order chi connectivity index (χ0) is 35.8. The second-order valence-corrected chi connectivity index (χ2v) is 12.0. The molecule has 8 aromatic rings. The van der Waals surface area contributed by atoms with Crippen molar-refractivity contribution in [3.8, 4) is 34.1 Å². The number of nitro benzene ring substituents is 2. The van der Waals surface area contributed by atoms with Gasteiger partial charge in [0.15, 0.2) is 0 Å². The van der Waals surface area contributed by atoms with E-state index in [4.69, 9.17) is 0 Å². The average molecular weight is 677 g/mol. The van der Waals surface area contributed by atoms with Gasteiger partial charge in [-0.05, 0) is 79.5 Å². The van der Waals surface area contributed by atoms with Gasteiger partial charge >= 0.3 is 0 Å². The number of hydrogen-bond donors (Lipinski definition) is 4. The fourth-order valence-corrected chi connectivity index (χ4v) is 6.56. The summed E-state index contributed by atoms with van der Waals surface area (Å²) < 4.78 is 0. The third kappa shape index (κ3) is 6.02. The molecule has 0 saturated carbocycles.